The zero-order valence-electron chi connectivity index (χ0n) is 16.1. The Labute approximate surface area is 157 Å². The second-order valence-corrected chi connectivity index (χ2v) is 16.2. The number of aliphatic hydroxyl groups excluding tert-OH is 2. The predicted molar refractivity (Wildman–Crippen MR) is 98.3 cm³/mol. The first-order valence-electron chi connectivity index (χ1n) is 8.51. The Balaban J connectivity index is 2.31. The van der Waals surface area contributed by atoms with Crippen LogP contribution in [0.25, 0.3) is 0 Å². The molecule has 0 aromatic rings. The van der Waals surface area contributed by atoms with E-state index in [9.17, 15) is 23.4 Å². The van der Waals surface area contributed by atoms with Gasteiger partial charge in [0.2, 0.25) is 0 Å². The van der Waals surface area contributed by atoms with Crippen molar-refractivity contribution >= 4 is 32.2 Å². The van der Waals surface area contributed by atoms with Gasteiger partial charge in [0.25, 0.3) is 0 Å². The molecule has 2 radical (unpaired) electrons. The van der Waals surface area contributed by atoms with Crippen LogP contribution < -0.4 is 0 Å². The van der Waals surface area contributed by atoms with Gasteiger partial charge in [-0.15, -0.1) is 0 Å². The molecule has 0 aromatic carbocycles. The topological polar surface area (TPSA) is 113 Å². The number of nitrogens with zero attached hydrogens (tertiary/aromatic N) is 1. The van der Waals surface area contributed by atoms with Crippen molar-refractivity contribution in [3.05, 3.63) is 0 Å². The first-order chi connectivity index (χ1) is 11.7. The van der Waals surface area contributed by atoms with Gasteiger partial charge in [0.1, 0.15) is 22.4 Å². The largest absolute Gasteiger partial charge is 0.542 e. The molecule has 2 aliphatic rings. The molecule has 0 aliphatic carbocycles. The van der Waals surface area contributed by atoms with E-state index in [2.05, 4.69) is 25.4 Å². The van der Waals surface area contributed by atoms with Crippen molar-refractivity contribution in [3.63, 3.8) is 0 Å². The Bertz CT molecular complexity index is 680. The highest BCUT2D eigenvalue weighted by Crippen LogP contribution is 2.51. The van der Waals surface area contributed by atoms with E-state index in [0.717, 1.165) is 4.90 Å². The first kappa shape index (κ1) is 21.8. The maximum absolute atomic E-state index is 13.0. The summed E-state index contributed by atoms with van der Waals surface area (Å²) in [5, 5.41) is 19.0. The van der Waals surface area contributed by atoms with Crippen molar-refractivity contribution in [3.8, 4) is 0 Å². The standard InChI is InChI=1S/C15H28BNO7SSi/c1-14(2,3)26(5,6)23-7-9-11(19)17-10(13(20)24-16)15(4,8-18)25(21,22)12(9)17/h9-12,18-19H,7-8H2,1-6H3/t9-,10?,11?,12?,15+/m1/s1. The molecule has 0 saturated carbocycles. The fourth-order valence-corrected chi connectivity index (χ4v) is 6.93. The van der Waals surface area contributed by atoms with Crippen molar-refractivity contribution in [1.29, 1.82) is 0 Å². The first-order valence-corrected chi connectivity index (χ1v) is 13.0. The quantitative estimate of drug-likeness (QED) is 0.603. The number of aliphatic hydroxyl groups is 2. The van der Waals surface area contributed by atoms with E-state index in [0.29, 0.717) is 0 Å². The van der Waals surface area contributed by atoms with Gasteiger partial charge >= 0.3 is 14.0 Å². The number of fused-ring (bicyclic) bond motifs is 1. The Morgan fingerprint density at radius 1 is 1.35 bits per heavy atom. The van der Waals surface area contributed by atoms with Crippen LogP contribution in [0.4, 0.5) is 0 Å². The molecule has 148 valence electrons. The number of hydrogen-bond acceptors (Lipinski definition) is 8. The molecule has 2 fully saturated rings. The molecule has 2 N–H and O–H groups in total. The molecule has 2 aliphatic heterocycles. The molecule has 8 nitrogen and oxygen atoms in total. The Morgan fingerprint density at radius 2 is 1.88 bits per heavy atom. The lowest BCUT2D eigenvalue weighted by atomic mass is 9.90. The monoisotopic (exact) mass is 405 g/mol. The summed E-state index contributed by atoms with van der Waals surface area (Å²) in [6.07, 6.45) is -1.20. The van der Waals surface area contributed by atoms with Crippen LogP contribution >= 0.6 is 0 Å². The second-order valence-electron chi connectivity index (χ2n) is 8.84. The SMILES string of the molecule is [B]OC(=O)C1N2C(O)[C@@H](CO[Si](C)(C)C(C)(C)C)C2S(=O)(=O)[C@@]1(C)CO. The number of sulfone groups is 1. The van der Waals surface area contributed by atoms with Gasteiger partial charge in [0, 0.05) is 6.61 Å². The average Bonchev–Trinajstić information content (AvgIpc) is 2.68. The van der Waals surface area contributed by atoms with E-state index in [1.54, 1.807) is 0 Å². The minimum Gasteiger partial charge on any atom is -0.542 e. The molecule has 5 atom stereocenters. The van der Waals surface area contributed by atoms with Crippen LogP contribution in [0.15, 0.2) is 0 Å². The summed E-state index contributed by atoms with van der Waals surface area (Å²) in [7, 11) is -1.18. The fraction of sp³-hybridized carbons (Fsp3) is 0.933. The molecule has 0 bridgehead atoms. The fourth-order valence-electron chi connectivity index (χ4n) is 3.38. The third-order valence-electron chi connectivity index (χ3n) is 6.29. The lowest BCUT2D eigenvalue weighted by molar-refractivity contribution is -0.185. The average molecular weight is 405 g/mol. The smallest absolute Gasteiger partial charge is 0.378 e. The van der Waals surface area contributed by atoms with Crippen LogP contribution in [0.1, 0.15) is 27.7 Å². The molecule has 2 saturated heterocycles. The Kier molecular flexibility index (Phi) is 5.51. The lowest BCUT2D eigenvalue weighted by Crippen LogP contribution is -2.68. The van der Waals surface area contributed by atoms with Gasteiger partial charge in [-0.25, -0.2) is 13.3 Å². The minimum atomic E-state index is -3.97. The molecule has 0 spiro atoms. The van der Waals surface area contributed by atoms with Crippen LogP contribution in [-0.2, 0) is 23.7 Å². The zero-order chi connectivity index (χ0) is 20.3. The number of rotatable bonds is 5. The number of hydrogen-bond donors (Lipinski definition) is 2. The normalized spacial score (nSPS) is 37.1. The molecule has 2 heterocycles. The van der Waals surface area contributed by atoms with Gasteiger partial charge in [-0.05, 0) is 25.1 Å². The van der Waals surface area contributed by atoms with E-state index in [4.69, 9.17) is 12.5 Å². The summed E-state index contributed by atoms with van der Waals surface area (Å²) >= 11 is 0. The molecule has 0 aromatic heterocycles. The second kappa shape index (κ2) is 6.56. The van der Waals surface area contributed by atoms with E-state index < -0.39 is 59.0 Å². The van der Waals surface area contributed by atoms with Crippen molar-refractivity contribution < 1.29 is 32.5 Å². The van der Waals surface area contributed by atoms with E-state index in [1.165, 1.54) is 6.92 Å². The lowest BCUT2D eigenvalue weighted by Gasteiger charge is -2.50. The highest BCUT2D eigenvalue weighted by Gasteiger charge is 2.73. The van der Waals surface area contributed by atoms with E-state index >= 15 is 0 Å². The maximum Gasteiger partial charge on any atom is 0.378 e. The van der Waals surface area contributed by atoms with Crippen LogP contribution in [0.2, 0.25) is 18.1 Å². The third kappa shape index (κ3) is 2.87. The van der Waals surface area contributed by atoms with Gasteiger partial charge in [-0.2, -0.15) is 0 Å². The van der Waals surface area contributed by atoms with Gasteiger partial charge < -0.3 is 19.3 Å². The van der Waals surface area contributed by atoms with Crippen LogP contribution in [0, 0.1) is 5.92 Å². The third-order valence-corrected chi connectivity index (χ3v) is 13.7. The summed E-state index contributed by atoms with van der Waals surface area (Å²) in [6, 6.07) is -1.37. The van der Waals surface area contributed by atoms with Gasteiger partial charge in [0.05, 0.1) is 12.5 Å². The Hall–Kier alpha value is -0.458. The summed E-state index contributed by atoms with van der Waals surface area (Å²) in [5.74, 6) is -1.72. The highest BCUT2D eigenvalue weighted by molar-refractivity contribution is 7.93. The molecule has 3 unspecified atom stereocenters. The van der Waals surface area contributed by atoms with Gasteiger partial charge in [-0.1, -0.05) is 20.8 Å². The van der Waals surface area contributed by atoms with Crippen molar-refractivity contribution in [2.45, 2.75) is 68.2 Å². The minimum absolute atomic E-state index is 0.0595. The number of carbonyl (C=O) groups excluding carboxylic acids is 1. The molecule has 26 heavy (non-hydrogen) atoms. The summed E-state index contributed by atoms with van der Waals surface area (Å²) in [5.41, 5.74) is 0. The summed E-state index contributed by atoms with van der Waals surface area (Å²) in [6.45, 7) is 10.8. The van der Waals surface area contributed by atoms with Crippen LogP contribution in [-0.4, -0.2) is 81.5 Å². The molecule has 0 amide bonds. The molecule has 11 heteroatoms. The van der Waals surface area contributed by atoms with Crippen LogP contribution in [0.5, 0.6) is 0 Å². The predicted octanol–water partition coefficient (Wildman–Crippen LogP) is -0.241. The Morgan fingerprint density at radius 3 is 2.31 bits per heavy atom. The van der Waals surface area contributed by atoms with Crippen molar-refractivity contribution in [2.24, 2.45) is 5.92 Å². The summed E-state index contributed by atoms with van der Waals surface area (Å²) < 4.78 is 34.5. The molecular weight excluding hydrogens is 377 g/mol. The molecular formula is C15H28BNO7SSi. The highest BCUT2D eigenvalue weighted by atomic mass is 32.2. The van der Waals surface area contributed by atoms with Crippen molar-refractivity contribution in [2.75, 3.05) is 13.2 Å². The van der Waals surface area contributed by atoms with Gasteiger partial charge in [-0.3, -0.25) is 4.79 Å². The van der Waals surface area contributed by atoms with Crippen molar-refractivity contribution in [1.82, 2.24) is 4.90 Å². The summed E-state index contributed by atoms with van der Waals surface area (Å²) in [4.78, 5) is 13.2. The number of carbonyl (C=O) groups is 1. The van der Waals surface area contributed by atoms with E-state index in [-0.39, 0.29) is 11.6 Å². The van der Waals surface area contributed by atoms with Crippen LogP contribution in [0.3, 0.4) is 0 Å². The maximum atomic E-state index is 13.0. The van der Waals surface area contributed by atoms with E-state index in [1.807, 2.05) is 13.1 Å². The van der Waals surface area contributed by atoms with Gasteiger partial charge in [0.15, 0.2) is 18.2 Å². The molecule has 2 rings (SSSR count). The zero-order valence-corrected chi connectivity index (χ0v) is 17.9.